The number of aromatic nitrogens is 1. The van der Waals surface area contributed by atoms with Gasteiger partial charge in [0.1, 0.15) is 5.75 Å². The van der Waals surface area contributed by atoms with E-state index in [0.29, 0.717) is 0 Å². The van der Waals surface area contributed by atoms with Crippen molar-refractivity contribution in [2.45, 2.75) is 31.3 Å². The average Bonchev–Trinajstić information content (AvgIpc) is 3.19. The normalized spacial score (nSPS) is 26.6. The quantitative estimate of drug-likeness (QED) is 0.838. The highest BCUT2D eigenvalue weighted by Crippen LogP contribution is 2.39. The molecule has 0 saturated carbocycles. The molecule has 120 valence electrons. The van der Waals surface area contributed by atoms with Gasteiger partial charge >= 0.3 is 6.03 Å². The first-order valence-electron chi connectivity index (χ1n) is 8.17. The van der Waals surface area contributed by atoms with Crippen LogP contribution in [0.15, 0.2) is 12.1 Å². The number of fused-ring (bicyclic) bond motifs is 4. The highest BCUT2D eigenvalue weighted by atomic mass is 32.1. The summed E-state index contributed by atoms with van der Waals surface area (Å²) < 4.78 is 6.75. The molecule has 6 nitrogen and oxygen atoms in total. The van der Waals surface area contributed by atoms with Crippen LogP contribution in [0, 0.1) is 0 Å². The van der Waals surface area contributed by atoms with Gasteiger partial charge < -0.3 is 15.4 Å². The summed E-state index contributed by atoms with van der Waals surface area (Å²) in [6, 6.07) is 4.42. The van der Waals surface area contributed by atoms with Crippen LogP contribution < -0.4 is 20.3 Å². The molecule has 0 spiro atoms. The second-order valence-corrected chi connectivity index (χ2v) is 7.33. The molecule has 5 rings (SSSR count). The fraction of sp³-hybridized carbons (Fsp3) is 0.500. The van der Waals surface area contributed by atoms with E-state index in [4.69, 9.17) is 9.72 Å². The standard InChI is InChI=1S/C16H18N4O2S/c21-15-18-10-2-1-6-17-8-11(10)20(15)16-19-14-9-5-7-22-12(9)3-4-13(14)23-16/h3-4,10-11,17H,1-2,5-8H2,(H,18,21). The molecule has 2 saturated heterocycles. The van der Waals surface area contributed by atoms with Gasteiger partial charge in [0.25, 0.3) is 0 Å². The van der Waals surface area contributed by atoms with E-state index in [-0.39, 0.29) is 18.1 Å². The lowest BCUT2D eigenvalue weighted by Gasteiger charge is -2.22. The minimum Gasteiger partial charge on any atom is -0.493 e. The van der Waals surface area contributed by atoms with E-state index < -0.39 is 0 Å². The fourth-order valence-electron chi connectivity index (χ4n) is 3.84. The van der Waals surface area contributed by atoms with Crippen LogP contribution in [0.25, 0.3) is 10.2 Å². The lowest BCUT2D eigenvalue weighted by molar-refractivity contribution is 0.250. The SMILES string of the molecule is O=C1NC2CCCNCC2N1c1nc2c3c(ccc2s1)OCC3. The lowest BCUT2D eigenvalue weighted by atomic mass is 10.1. The average molecular weight is 330 g/mol. The van der Waals surface area contributed by atoms with Crippen molar-refractivity contribution in [2.75, 3.05) is 24.6 Å². The maximum absolute atomic E-state index is 12.5. The summed E-state index contributed by atoms with van der Waals surface area (Å²) in [7, 11) is 0. The first kappa shape index (κ1) is 13.6. The van der Waals surface area contributed by atoms with Gasteiger partial charge in [0.05, 0.1) is 28.9 Å². The van der Waals surface area contributed by atoms with Crippen LogP contribution in [0.2, 0.25) is 0 Å². The fourth-order valence-corrected chi connectivity index (χ4v) is 4.89. The molecule has 7 heteroatoms. The molecule has 0 bridgehead atoms. The predicted octanol–water partition coefficient (Wildman–Crippen LogP) is 1.88. The van der Waals surface area contributed by atoms with Crippen LogP contribution >= 0.6 is 11.3 Å². The Morgan fingerprint density at radius 2 is 2.35 bits per heavy atom. The summed E-state index contributed by atoms with van der Waals surface area (Å²) in [5.74, 6) is 0.939. The van der Waals surface area contributed by atoms with Gasteiger partial charge in [-0.3, -0.25) is 4.90 Å². The minimum absolute atomic E-state index is 0.0179. The topological polar surface area (TPSA) is 66.5 Å². The number of carbonyl (C=O) groups excluding carboxylic acids is 1. The van der Waals surface area contributed by atoms with Crippen LogP contribution in [-0.4, -0.2) is 42.8 Å². The number of ether oxygens (including phenoxy) is 1. The lowest BCUT2D eigenvalue weighted by Crippen LogP contribution is -2.42. The molecule has 2 amide bonds. The molecule has 1 aromatic heterocycles. The van der Waals surface area contributed by atoms with Gasteiger partial charge in [0.2, 0.25) is 0 Å². The molecule has 23 heavy (non-hydrogen) atoms. The first-order chi connectivity index (χ1) is 11.3. The third-order valence-corrected chi connectivity index (χ3v) is 5.99. The summed E-state index contributed by atoms with van der Waals surface area (Å²) >= 11 is 1.60. The maximum Gasteiger partial charge on any atom is 0.324 e. The van der Waals surface area contributed by atoms with E-state index in [1.165, 1.54) is 5.56 Å². The van der Waals surface area contributed by atoms with E-state index in [1.807, 2.05) is 11.0 Å². The Morgan fingerprint density at radius 1 is 1.39 bits per heavy atom. The number of carbonyl (C=O) groups is 1. The van der Waals surface area contributed by atoms with Crippen LogP contribution in [-0.2, 0) is 6.42 Å². The van der Waals surface area contributed by atoms with Gasteiger partial charge in [-0.2, -0.15) is 0 Å². The Kier molecular flexibility index (Phi) is 2.99. The number of rotatable bonds is 1. The van der Waals surface area contributed by atoms with E-state index >= 15 is 0 Å². The maximum atomic E-state index is 12.5. The number of amides is 2. The van der Waals surface area contributed by atoms with Crippen molar-refractivity contribution in [3.63, 3.8) is 0 Å². The monoisotopic (exact) mass is 330 g/mol. The van der Waals surface area contributed by atoms with Gasteiger partial charge in [-0.25, -0.2) is 9.78 Å². The zero-order valence-corrected chi connectivity index (χ0v) is 13.5. The van der Waals surface area contributed by atoms with Crippen LogP contribution in [0.5, 0.6) is 5.75 Å². The van der Waals surface area contributed by atoms with E-state index in [2.05, 4.69) is 16.7 Å². The summed E-state index contributed by atoms with van der Waals surface area (Å²) in [4.78, 5) is 19.2. The zero-order chi connectivity index (χ0) is 15.4. The molecule has 0 aliphatic carbocycles. The highest BCUT2D eigenvalue weighted by molar-refractivity contribution is 7.22. The Bertz CT molecular complexity index is 790. The smallest absolute Gasteiger partial charge is 0.324 e. The molecule has 2 N–H and O–H groups in total. The van der Waals surface area contributed by atoms with Crippen molar-refractivity contribution in [2.24, 2.45) is 0 Å². The highest BCUT2D eigenvalue weighted by Gasteiger charge is 2.42. The van der Waals surface area contributed by atoms with E-state index in [0.717, 1.165) is 60.1 Å². The summed E-state index contributed by atoms with van der Waals surface area (Å²) in [6.45, 7) is 2.56. The van der Waals surface area contributed by atoms with Crippen molar-refractivity contribution in [3.8, 4) is 5.75 Å². The molecule has 1 aromatic carbocycles. The van der Waals surface area contributed by atoms with Gasteiger partial charge in [0.15, 0.2) is 5.13 Å². The molecule has 3 aliphatic heterocycles. The number of anilines is 1. The van der Waals surface area contributed by atoms with Crippen molar-refractivity contribution < 1.29 is 9.53 Å². The van der Waals surface area contributed by atoms with Crippen LogP contribution in [0.3, 0.4) is 0 Å². The van der Waals surface area contributed by atoms with Crippen molar-refractivity contribution in [3.05, 3.63) is 17.7 Å². The molecule has 4 heterocycles. The Balaban J connectivity index is 1.58. The Morgan fingerprint density at radius 3 is 3.30 bits per heavy atom. The van der Waals surface area contributed by atoms with Gasteiger partial charge in [-0.15, -0.1) is 0 Å². The molecule has 2 unspecified atom stereocenters. The largest absolute Gasteiger partial charge is 0.493 e. The van der Waals surface area contributed by atoms with Crippen LogP contribution in [0.4, 0.5) is 9.93 Å². The number of thiazole rings is 1. The molecule has 2 aromatic rings. The predicted molar refractivity (Wildman–Crippen MR) is 89.5 cm³/mol. The third-order valence-electron chi connectivity index (χ3n) is 4.97. The number of nitrogens with zero attached hydrogens (tertiary/aromatic N) is 2. The van der Waals surface area contributed by atoms with Gasteiger partial charge in [-0.05, 0) is 31.5 Å². The molecule has 3 aliphatic rings. The molecule has 0 radical (unpaired) electrons. The van der Waals surface area contributed by atoms with Gasteiger partial charge in [-0.1, -0.05) is 11.3 Å². The molecular formula is C16H18N4O2S. The number of urea groups is 1. The van der Waals surface area contributed by atoms with E-state index in [1.54, 1.807) is 11.3 Å². The Hall–Kier alpha value is -1.86. The second kappa shape index (κ2) is 5.07. The third kappa shape index (κ3) is 2.03. The molecule has 2 atom stereocenters. The van der Waals surface area contributed by atoms with Crippen molar-refractivity contribution in [1.82, 2.24) is 15.6 Å². The summed E-state index contributed by atoms with van der Waals surface area (Å²) in [5.41, 5.74) is 2.18. The minimum atomic E-state index is -0.0179. The summed E-state index contributed by atoms with van der Waals surface area (Å²) in [6.07, 6.45) is 3.02. The first-order valence-corrected chi connectivity index (χ1v) is 8.98. The van der Waals surface area contributed by atoms with Crippen molar-refractivity contribution in [1.29, 1.82) is 0 Å². The number of nitrogens with one attached hydrogen (secondary N) is 2. The van der Waals surface area contributed by atoms with Crippen LogP contribution in [0.1, 0.15) is 18.4 Å². The number of benzene rings is 1. The number of hydrogen-bond donors (Lipinski definition) is 2. The molecular weight excluding hydrogens is 312 g/mol. The van der Waals surface area contributed by atoms with Crippen molar-refractivity contribution >= 4 is 32.7 Å². The van der Waals surface area contributed by atoms with E-state index in [9.17, 15) is 4.79 Å². The summed E-state index contributed by atoms with van der Waals surface area (Å²) in [5, 5.41) is 7.37. The molecule has 2 fully saturated rings. The number of hydrogen-bond acceptors (Lipinski definition) is 5. The Labute approximate surface area is 137 Å². The second-order valence-electron chi connectivity index (χ2n) is 6.32. The zero-order valence-electron chi connectivity index (χ0n) is 12.7. The van der Waals surface area contributed by atoms with Gasteiger partial charge in [0, 0.05) is 18.5 Å².